The maximum atomic E-state index is 10.5. The van der Waals surface area contributed by atoms with Crippen molar-refractivity contribution in [2.24, 2.45) is 11.5 Å². The molecule has 0 fully saturated rings. The van der Waals surface area contributed by atoms with Gasteiger partial charge in [0.25, 0.3) is 0 Å². The first-order chi connectivity index (χ1) is 6.15. The Balaban J connectivity index is 0. The van der Waals surface area contributed by atoms with Crippen LogP contribution in [-0.4, -0.2) is 22.6 Å². The summed E-state index contributed by atoms with van der Waals surface area (Å²) in [5, 5.41) is 8.63. The van der Waals surface area contributed by atoms with E-state index in [9.17, 15) is 4.79 Å². The van der Waals surface area contributed by atoms with Crippen LogP contribution in [0.1, 0.15) is 22.2 Å². The first-order valence-electron chi connectivity index (χ1n) is 3.81. The van der Waals surface area contributed by atoms with E-state index >= 15 is 0 Å². The Kier molecular flexibility index (Phi) is 8.18. The SMILES string of the molecule is Cl.Cl.NCC(N)c1cccc(C(=O)O)n1. The number of hydrogen-bond acceptors (Lipinski definition) is 4. The van der Waals surface area contributed by atoms with Crippen molar-refractivity contribution in [3.63, 3.8) is 0 Å². The third-order valence-corrected chi connectivity index (χ3v) is 1.62. The highest BCUT2D eigenvalue weighted by molar-refractivity contribution is 5.86. The van der Waals surface area contributed by atoms with Crippen LogP contribution in [-0.2, 0) is 0 Å². The van der Waals surface area contributed by atoms with Crippen LogP contribution >= 0.6 is 24.8 Å². The molecule has 0 saturated carbocycles. The molecule has 1 rings (SSSR count). The molecule has 1 atom stereocenters. The van der Waals surface area contributed by atoms with Gasteiger partial charge in [0.2, 0.25) is 0 Å². The minimum atomic E-state index is -1.06. The number of aromatic nitrogens is 1. The Morgan fingerprint density at radius 2 is 2.07 bits per heavy atom. The second-order valence-electron chi connectivity index (χ2n) is 2.60. The number of carbonyl (C=O) groups is 1. The molecule has 1 unspecified atom stereocenters. The average Bonchev–Trinajstić information content (AvgIpc) is 2.17. The van der Waals surface area contributed by atoms with Gasteiger partial charge in [0, 0.05) is 6.54 Å². The van der Waals surface area contributed by atoms with Gasteiger partial charge in [-0.2, -0.15) is 0 Å². The largest absolute Gasteiger partial charge is 0.477 e. The van der Waals surface area contributed by atoms with Gasteiger partial charge in [-0.25, -0.2) is 9.78 Å². The number of nitrogens with two attached hydrogens (primary N) is 2. The number of nitrogens with zero attached hydrogens (tertiary/aromatic N) is 1. The fourth-order valence-electron chi connectivity index (χ4n) is 0.898. The van der Waals surface area contributed by atoms with E-state index in [-0.39, 0.29) is 37.1 Å². The van der Waals surface area contributed by atoms with Crippen molar-refractivity contribution in [1.29, 1.82) is 0 Å². The highest BCUT2D eigenvalue weighted by Gasteiger charge is 2.09. The number of carboxylic acids is 1. The highest BCUT2D eigenvalue weighted by Crippen LogP contribution is 2.06. The van der Waals surface area contributed by atoms with Crippen LogP contribution in [0.5, 0.6) is 0 Å². The average molecular weight is 254 g/mol. The van der Waals surface area contributed by atoms with E-state index in [0.29, 0.717) is 5.69 Å². The van der Waals surface area contributed by atoms with Crippen molar-refractivity contribution in [3.05, 3.63) is 29.6 Å². The Morgan fingerprint density at radius 1 is 1.47 bits per heavy atom. The molecule has 1 aromatic rings. The molecular weight excluding hydrogens is 241 g/mol. The van der Waals surface area contributed by atoms with E-state index in [0.717, 1.165) is 0 Å². The maximum absolute atomic E-state index is 10.5. The number of halogens is 2. The van der Waals surface area contributed by atoms with Gasteiger partial charge in [-0.3, -0.25) is 0 Å². The number of rotatable bonds is 3. The fraction of sp³-hybridized carbons (Fsp3) is 0.250. The molecule has 7 heteroatoms. The standard InChI is InChI=1S/C8H11N3O2.2ClH/c9-4-5(10)6-2-1-3-7(11-6)8(12)13;;/h1-3,5H,4,9-10H2,(H,12,13);2*1H. The summed E-state index contributed by atoms with van der Waals surface area (Å²) in [7, 11) is 0. The summed E-state index contributed by atoms with van der Waals surface area (Å²) in [6.45, 7) is 0.246. The van der Waals surface area contributed by atoms with Crippen LogP contribution in [0.2, 0.25) is 0 Å². The van der Waals surface area contributed by atoms with Gasteiger partial charge in [0.05, 0.1) is 11.7 Å². The predicted octanol–water partition coefficient (Wildman–Crippen LogP) is 0.582. The van der Waals surface area contributed by atoms with Crippen molar-refractivity contribution in [1.82, 2.24) is 4.98 Å². The zero-order valence-electron chi connectivity index (χ0n) is 7.79. The third-order valence-electron chi connectivity index (χ3n) is 1.62. The molecule has 86 valence electrons. The number of carboxylic acid groups (broad SMARTS) is 1. The summed E-state index contributed by atoms with van der Waals surface area (Å²) in [5.74, 6) is -1.06. The van der Waals surface area contributed by atoms with E-state index in [1.54, 1.807) is 12.1 Å². The molecule has 0 amide bonds. The molecule has 1 aromatic heterocycles. The number of aromatic carboxylic acids is 1. The smallest absolute Gasteiger partial charge is 0.354 e. The van der Waals surface area contributed by atoms with Gasteiger partial charge >= 0.3 is 5.97 Å². The van der Waals surface area contributed by atoms with E-state index in [2.05, 4.69) is 4.98 Å². The third kappa shape index (κ3) is 4.44. The minimum absolute atomic E-state index is 0. The molecule has 0 spiro atoms. The monoisotopic (exact) mass is 253 g/mol. The second-order valence-corrected chi connectivity index (χ2v) is 2.60. The van der Waals surface area contributed by atoms with Gasteiger partial charge < -0.3 is 16.6 Å². The van der Waals surface area contributed by atoms with Gasteiger partial charge in [-0.05, 0) is 12.1 Å². The van der Waals surface area contributed by atoms with Crippen LogP contribution in [0.25, 0.3) is 0 Å². The van der Waals surface area contributed by atoms with E-state index in [1.807, 2.05) is 0 Å². The Hall–Kier alpha value is -0.880. The fourth-order valence-corrected chi connectivity index (χ4v) is 0.898. The van der Waals surface area contributed by atoms with E-state index in [1.165, 1.54) is 6.07 Å². The van der Waals surface area contributed by atoms with Gasteiger partial charge in [0.15, 0.2) is 0 Å². The summed E-state index contributed by atoms with van der Waals surface area (Å²) in [6, 6.07) is 4.26. The molecule has 0 bridgehead atoms. The van der Waals surface area contributed by atoms with Crippen LogP contribution < -0.4 is 11.5 Å². The molecule has 0 aliphatic carbocycles. The molecule has 5 N–H and O–H groups in total. The quantitative estimate of drug-likeness (QED) is 0.732. The van der Waals surface area contributed by atoms with E-state index in [4.69, 9.17) is 16.6 Å². The molecule has 0 aliphatic rings. The zero-order valence-corrected chi connectivity index (χ0v) is 9.42. The van der Waals surface area contributed by atoms with Gasteiger partial charge in [-0.15, -0.1) is 24.8 Å². The first-order valence-corrected chi connectivity index (χ1v) is 3.81. The molecule has 0 aliphatic heterocycles. The van der Waals surface area contributed by atoms with Crippen molar-refractivity contribution >= 4 is 30.8 Å². The summed E-state index contributed by atoms with van der Waals surface area (Å²) in [5.41, 5.74) is 11.4. The lowest BCUT2D eigenvalue weighted by Crippen LogP contribution is -2.22. The van der Waals surface area contributed by atoms with E-state index < -0.39 is 12.0 Å². The molecule has 0 aromatic carbocycles. The van der Waals surface area contributed by atoms with Gasteiger partial charge in [0.1, 0.15) is 5.69 Å². The van der Waals surface area contributed by atoms with Crippen LogP contribution in [0.15, 0.2) is 18.2 Å². The van der Waals surface area contributed by atoms with Crippen molar-refractivity contribution in [2.45, 2.75) is 6.04 Å². The summed E-state index contributed by atoms with van der Waals surface area (Å²) >= 11 is 0. The van der Waals surface area contributed by atoms with Crippen molar-refractivity contribution in [3.8, 4) is 0 Å². The predicted molar refractivity (Wildman–Crippen MR) is 61.7 cm³/mol. The first kappa shape index (κ1) is 16.5. The number of hydrogen-bond donors (Lipinski definition) is 3. The topological polar surface area (TPSA) is 102 Å². The summed E-state index contributed by atoms with van der Waals surface area (Å²) in [4.78, 5) is 14.4. The lowest BCUT2D eigenvalue weighted by Gasteiger charge is -2.07. The molecule has 5 nitrogen and oxygen atoms in total. The van der Waals surface area contributed by atoms with Crippen LogP contribution in [0.4, 0.5) is 0 Å². The molecule has 15 heavy (non-hydrogen) atoms. The Morgan fingerprint density at radius 3 is 2.53 bits per heavy atom. The molecule has 1 heterocycles. The second kappa shape index (κ2) is 7.42. The van der Waals surface area contributed by atoms with Crippen molar-refractivity contribution in [2.75, 3.05) is 6.54 Å². The normalized spacial score (nSPS) is 10.8. The summed E-state index contributed by atoms with van der Waals surface area (Å²) in [6.07, 6.45) is 0. The molecular formula is C8H13Cl2N3O2. The molecule has 0 radical (unpaired) electrons. The molecule has 0 saturated heterocycles. The summed E-state index contributed by atoms with van der Waals surface area (Å²) < 4.78 is 0. The highest BCUT2D eigenvalue weighted by atomic mass is 35.5. The van der Waals surface area contributed by atoms with Crippen LogP contribution in [0.3, 0.4) is 0 Å². The Labute approximate surface area is 99.7 Å². The Bertz CT molecular complexity index is 323. The van der Waals surface area contributed by atoms with Crippen LogP contribution in [0, 0.1) is 0 Å². The zero-order chi connectivity index (χ0) is 9.84. The van der Waals surface area contributed by atoms with Gasteiger partial charge in [-0.1, -0.05) is 6.07 Å². The number of pyridine rings is 1. The minimum Gasteiger partial charge on any atom is -0.477 e. The lowest BCUT2D eigenvalue weighted by molar-refractivity contribution is 0.0690. The maximum Gasteiger partial charge on any atom is 0.354 e. The lowest BCUT2D eigenvalue weighted by atomic mass is 10.2. The van der Waals surface area contributed by atoms with Crippen molar-refractivity contribution < 1.29 is 9.90 Å².